The Kier molecular flexibility index (Phi) is 3.95. The summed E-state index contributed by atoms with van der Waals surface area (Å²) in [6.07, 6.45) is 4.67. The molecule has 0 amide bonds. The molecule has 2 fully saturated rings. The van der Waals surface area contributed by atoms with E-state index in [0.717, 1.165) is 58.4 Å². The number of aliphatic hydroxyl groups is 1. The first-order valence-corrected chi connectivity index (χ1v) is 8.51. The van der Waals surface area contributed by atoms with Crippen molar-refractivity contribution in [3.05, 3.63) is 35.4 Å². The van der Waals surface area contributed by atoms with Gasteiger partial charge in [-0.15, -0.1) is 0 Å². The van der Waals surface area contributed by atoms with Crippen molar-refractivity contribution in [2.75, 3.05) is 13.2 Å². The molecule has 4 rings (SSSR count). The van der Waals surface area contributed by atoms with Crippen LogP contribution < -0.4 is 0 Å². The number of aliphatic hydroxyl groups excluding tert-OH is 1. The molecule has 0 bridgehead atoms. The highest BCUT2D eigenvalue weighted by molar-refractivity contribution is 5.30. The van der Waals surface area contributed by atoms with Crippen LogP contribution in [0.2, 0.25) is 0 Å². The summed E-state index contributed by atoms with van der Waals surface area (Å²) in [5, 5.41) is 10.6. The SMILES string of the molecule is OC(CC1CCC2(CC1)OCCO2)N1Cc2ccccc2C1. The fraction of sp³-hybridized carbons (Fsp3) is 0.667. The normalized spacial score (nSPS) is 26.4. The molecule has 1 saturated heterocycles. The monoisotopic (exact) mass is 303 g/mol. The summed E-state index contributed by atoms with van der Waals surface area (Å²) in [4.78, 5) is 2.19. The van der Waals surface area contributed by atoms with Crippen molar-refractivity contribution in [1.29, 1.82) is 0 Å². The number of hydrogen-bond acceptors (Lipinski definition) is 4. The molecule has 1 aliphatic carbocycles. The van der Waals surface area contributed by atoms with E-state index in [1.165, 1.54) is 11.1 Å². The van der Waals surface area contributed by atoms with Gasteiger partial charge in [-0.05, 0) is 36.3 Å². The van der Waals surface area contributed by atoms with Gasteiger partial charge < -0.3 is 14.6 Å². The van der Waals surface area contributed by atoms with Crippen molar-refractivity contribution in [2.45, 2.75) is 57.2 Å². The van der Waals surface area contributed by atoms with E-state index >= 15 is 0 Å². The molecule has 1 saturated carbocycles. The van der Waals surface area contributed by atoms with Gasteiger partial charge in [-0.2, -0.15) is 0 Å². The van der Waals surface area contributed by atoms with Gasteiger partial charge in [0.15, 0.2) is 5.79 Å². The Labute approximate surface area is 132 Å². The second-order valence-electron chi connectivity index (χ2n) is 6.94. The number of nitrogens with zero attached hydrogens (tertiary/aromatic N) is 1. The van der Waals surface area contributed by atoms with Crippen LogP contribution in [0, 0.1) is 5.92 Å². The second-order valence-corrected chi connectivity index (χ2v) is 6.94. The van der Waals surface area contributed by atoms with Crippen LogP contribution in [0.1, 0.15) is 43.2 Å². The number of ether oxygens (including phenoxy) is 2. The third-order valence-corrected chi connectivity index (χ3v) is 5.51. The largest absolute Gasteiger partial charge is 0.378 e. The Bertz CT molecular complexity index is 492. The molecule has 22 heavy (non-hydrogen) atoms. The fourth-order valence-electron chi connectivity index (χ4n) is 4.16. The van der Waals surface area contributed by atoms with E-state index < -0.39 is 0 Å². The van der Waals surface area contributed by atoms with E-state index in [0.29, 0.717) is 5.92 Å². The minimum Gasteiger partial charge on any atom is -0.378 e. The van der Waals surface area contributed by atoms with Crippen LogP contribution >= 0.6 is 0 Å². The number of benzene rings is 1. The molecule has 4 heteroatoms. The van der Waals surface area contributed by atoms with Crippen molar-refractivity contribution in [3.63, 3.8) is 0 Å². The topological polar surface area (TPSA) is 41.9 Å². The minimum atomic E-state index is -0.336. The van der Waals surface area contributed by atoms with E-state index in [1.54, 1.807) is 0 Å². The van der Waals surface area contributed by atoms with Crippen molar-refractivity contribution >= 4 is 0 Å². The zero-order chi connectivity index (χ0) is 15.0. The summed E-state index contributed by atoms with van der Waals surface area (Å²) in [5.74, 6) is 0.294. The third-order valence-electron chi connectivity index (χ3n) is 5.51. The van der Waals surface area contributed by atoms with E-state index in [1.807, 2.05) is 0 Å². The number of hydrogen-bond donors (Lipinski definition) is 1. The van der Waals surface area contributed by atoms with Gasteiger partial charge in [0.2, 0.25) is 0 Å². The Hall–Kier alpha value is -0.940. The van der Waals surface area contributed by atoms with Gasteiger partial charge in [-0.1, -0.05) is 24.3 Å². The molecule has 1 unspecified atom stereocenters. The number of fused-ring (bicyclic) bond motifs is 1. The summed E-state index contributed by atoms with van der Waals surface area (Å²) >= 11 is 0. The first-order chi connectivity index (χ1) is 10.7. The predicted octanol–water partition coefficient (Wildman–Crippen LogP) is 2.64. The highest BCUT2D eigenvalue weighted by Gasteiger charge is 2.41. The van der Waals surface area contributed by atoms with Crippen LogP contribution in [-0.2, 0) is 22.6 Å². The zero-order valence-corrected chi connectivity index (χ0v) is 13.0. The lowest BCUT2D eigenvalue weighted by atomic mass is 9.83. The van der Waals surface area contributed by atoms with Gasteiger partial charge in [0.25, 0.3) is 0 Å². The lowest BCUT2D eigenvalue weighted by molar-refractivity contribution is -0.184. The van der Waals surface area contributed by atoms with Gasteiger partial charge >= 0.3 is 0 Å². The lowest BCUT2D eigenvalue weighted by Crippen LogP contribution is -2.38. The smallest absolute Gasteiger partial charge is 0.168 e. The average Bonchev–Trinajstić information content (AvgIpc) is 3.17. The molecule has 4 nitrogen and oxygen atoms in total. The second kappa shape index (κ2) is 5.93. The van der Waals surface area contributed by atoms with Crippen molar-refractivity contribution in [3.8, 4) is 0 Å². The third kappa shape index (κ3) is 2.81. The van der Waals surface area contributed by atoms with Crippen LogP contribution in [0.4, 0.5) is 0 Å². The minimum absolute atomic E-state index is 0.286. The standard InChI is InChI=1S/C18H25NO3/c20-17(19-12-15-3-1-2-4-16(15)13-19)11-14-5-7-18(8-6-14)21-9-10-22-18/h1-4,14,17,20H,5-13H2. The van der Waals surface area contributed by atoms with Gasteiger partial charge in [0.05, 0.1) is 13.2 Å². The molecular formula is C18H25NO3. The molecule has 3 aliphatic rings. The molecule has 1 N–H and O–H groups in total. The molecule has 1 atom stereocenters. The Balaban J connectivity index is 1.29. The Morgan fingerprint density at radius 1 is 1.09 bits per heavy atom. The molecule has 1 aromatic carbocycles. The van der Waals surface area contributed by atoms with E-state index in [-0.39, 0.29) is 12.0 Å². The van der Waals surface area contributed by atoms with Gasteiger partial charge in [-0.3, -0.25) is 4.90 Å². The van der Waals surface area contributed by atoms with E-state index in [4.69, 9.17) is 9.47 Å². The van der Waals surface area contributed by atoms with Gasteiger partial charge in [-0.25, -0.2) is 0 Å². The maximum absolute atomic E-state index is 10.6. The maximum Gasteiger partial charge on any atom is 0.168 e. The number of rotatable bonds is 3. The summed E-state index contributed by atoms with van der Waals surface area (Å²) < 4.78 is 11.6. The Morgan fingerprint density at radius 2 is 1.68 bits per heavy atom. The van der Waals surface area contributed by atoms with Gasteiger partial charge in [0, 0.05) is 25.9 Å². The van der Waals surface area contributed by atoms with E-state index in [2.05, 4.69) is 29.2 Å². The maximum atomic E-state index is 10.6. The van der Waals surface area contributed by atoms with Crippen molar-refractivity contribution < 1.29 is 14.6 Å². The molecule has 120 valence electrons. The van der Waals surface area contributed by atoms with Crippen LogP contribution in [0.3, 0.4) is 0 Å². The summed E-state index contributed by atoms with van der Waals surface area (Å²) in [6.45, 7) is 3.22. The highest BCUT2D eigenvalue weighted by atomic mass is 16.7. The first kappa shape index (κ1) is 14.6. The fourth-order valence-corrected chi connectivity index (χ4v) is 4.16. The Morgan fingerprint density at radius 3 is 2.27 bits per heavy atom. The lowest BCUT2D eigenvalue weighted by Gasteiger charge is -2.36. The van der Waals surface area contributed by atoms with Crippen molar-refractivity contribution in [1.82, 2.24) is 4.90 Å². The predicted molar refractivity (Wildman–Crippen MR) is 82.9 cm³/mol. The molecule has 2 aliphatic heterocycles. The highest BCUT2D eigenvalue weighted by Crippen LogP contribution is 2.40. The van der Waals surface area contributed by atoms with Crippen LogP contribution in [0.15, 0.2) is 24.3 Å². The average molecular weight is 303 g/mol. The summed E-state index contributed by atoms with van der Waals surface area (Å²) in [6, 6.07) is 8.50. The quantitative estimate of drug-likeness (QED) is 0.932. The molecular weight excluding hydrogens is 278 g/mol. The molecule has 0 radical (unpaired) electrons. The summed E-state index contributed by atoms with van der Waals surface area (Å²) in [7, 11) is 0. The van der Waals surface area contributed by atoms with Gasteiger partial charge in [0.1, 0.15) is 6.23 Å². The van der Waals surface area contributed by atoms with E-state index in [9.17, 15) is 5.11 Å². The van der Waals surface area contributed by atoms with Crippen molar-refractivity contribution in [2.24, 2.45) is 5.92 Å². The zero-order valence-electron chi connectivity index (χ0n) is 13.0. The first-order valence-electron chi connectivity index (χ1n) is 8.51. The van der Waals surface area contributed by atoms with Crippen LogP contribution in [0.5, 0.6) is 0 Å². The molecule has 1 spiro atoms. The molecule has 2 heterocycles. The molecule has 1 aromatic rings. The molecule has 0 aromatic heterocycles. The summed E-state index contributed by atoms with van der Waals surface area (Å²) in [5.41, 5.74) is 2.72. The van der Waals surface area contributed by atoms with Crippen LogP contribution in [0.25, 0.3) is 0 Å². The van der Waals surface area contributed by atoms with Crippen LogP contribution in [-0.4, -0.2) is 35.2 Å².